The van der Waals surface area contributed by atoms with Crippen molar-refractivity contribution in [2.24, 2.45) is 14.1 Å². The van der Waals surface area contributed by atoms with Gasteiger partial charge < -0.3 is 15.0 Å². The van der Waals surface area contributed by atoms with Crippen molar-refractivity contribution >= 4 is 17.3 Å². The van der Waals surface area contributed by atoms with E-state index >= 15 is 0 Å². The molecule has 0 atom stereocenters. The van der Waals surface area contributed by atoms with Crippen LogP contribution in [0.15, 0.2) is 64.2 Å². The predicted molar refractivity (Wildman–Crippen MR) is 141 cm³/mol. The van der Waals surface area contributed by atoms with Gasteiger partial charge in [0.1, 0.15) is 5.82 Å². The summed E-state index contributed by atoms with van der Waals surface area (Å²) in [6.45, 7) is 4.93. The van der Waals surface area contributed by atoms with Crippen molar-refractivity contribution in [3.05, 3.63) is 96.7 Å². The Morgan fingerprint density at radius 3 is 2.43 bits per heavy atom. The number of nitrogens with zero attached hydrogens (tertiary/aromatic N) is 4. The number of carbonyl (C=O) groups excluding carboxylic acids is 1. The molecule has 0 amide bonds. The molecule has 0 saturated carbocycles. The summed E-state index contributed by atoms with van der Waals surface area (Å²) in [5.41, 5.74) is -0.342. The van der Waals surface area contributed by atoms with Crippen molar-refractivity contribution in [3.63, 3.8) is 0 Å². The summed E-state index contributed by atoms with van der Waals surface area (Å²) in [5, 5.41) is 14.7. The predicted octanol–water partition coefficient (Wildman–Crippen LogP) is 2.43. The fourth-order valence-corrected chi connectivity index (χ4v) is 3.82. The molecule has 0 radical (unpaired) electrons. The maximum Gasteiger partial charge on any atom is 0.332 e. The average Bonchev–Trinajstić information content (AvgIpc) is 2.91. The first-order valence-corrected chi connectivity index (χ1v) is 12.0. The van der Waals surface area contributed by atoms with Crippen LogP contribution in [0.4, 0.5) is 11.5 Å². The fourth-order valence-electron chi connectivity index (χ4n) is 3.82. The van der Waals surface area contributed by atoms with Crippen LogP contribution in [0.5, 0.6) is 5.75 Å². The Bertz CT molecular complexity index is 1370. The third kappa shape index (κ3) is 6.91. The van der Waals surface area contributed by atoms with Gasteiger partial charge in [-0.25, -0.2) is 4.79 Å². The van der Waals surface area contributed by atoms with E-state index in [1.165, 1.54) is 35.9 Å². The second kappa shape index (κ2) is 12.6. The van der Waals surface area contributed by atoms with Crippen molar-refractivity contribution in [1.82, 2.24) is 14.0 Å². The van der Waals surface area contributed by atoms with Crippen molar-refractivity contribution in [2.75, 3.05) is 38.1 Å². The number of hydrogen-bond acceptors (Lipinski definition) is 8. The van der Waals surface area contributed by atoms with E-state index < -0.39 is 10.6 Å². The van der Waals surface area contributed by atoms with Gasteiger partial charge in [-0.1, -0.05) is 37.3 Å². The molecular weight excluding hydrogens is 478 g/mol. The van der Waals surface area contributed by atoms with E-state index in [-0.39, 0.29) is 34.9 Å². The highest BCUT2D eigenvalue weighted by molar-refractivity contribution is 6.09. The zero-order valence-corrected chi connectivity index (χ0v) is 21.2. The van der Waals surface area contributed by atoms with Crippen LogP contribution in [-0.2, 0) is 14.1 Å². The topological polar surface area (TPSA) is 129 Å². The Kier molecular flexibility index (Phi) is 9.33. The van der Waals surface area contributed by atoms with Crippen molar-refractivity contribution in [1.29, 1.82) is 0 Å². The number of nitro benzene ring substituents is 1. The van der Waals surface area contributed by atoms with Gasteiger partial charge in [0, 0.05) is 57.0 Å². The molecule has 0 fully saturated rings. The number of anilines is 1. The smallest absolute Gasteiger partial charge is 0.332 e. The lowest BCUT2D eigenvalue weighted by Gasteiger charge is -2.21. The van der Waals surface area contributed by atoms with Gasteiger partial charge in [0.2, 0.25) is 0 Å². The third-order valence-electron chi connectivity index (χ3n) is 6.04. The summed E-state index contributed by atoms with van der Waals surface area (Å²) in [6, 6.07) is 14.2. The minimum atomic E-state index is -0.550. The number of ketones is 1. The molecule has 11 nitrogen and oxygen atoms in total. The van der Waals surface area contributed by atoms with Crippen LogP contribution in [0.3, 0.4) is 0 Å². The summed E-state index contributed by atoms with van der Waals surface area (Å²) >= 11 is 0. The normalized spacial score (nSPS) is 10.9. The Morgan fingerprint density at radius 1 is 1.03 bits per heavy atom. The standard InChI is InChI=1S/C26H31N5O6/c1-4-30(15-13-27-23-18-24(32)29(3)26(34)28(23)2)14-8-16-37-22-12-11-20(17-21(22)31(35)36)25(33)19-9-6-5-7-10-19/h5-7,9-12,17-18,27H,4,8,13-16H2,1-3H3. The SMILES string of the molecule is CCN(CCCOc1ccc(C(=O)c2ccccc2)cc1[N+](=O)[O-])CCNc1cc(=O)n(C)c(=O)n1C. The van der Waals surface area contributed by atoms with E-state index in [2.05, 4.69) is 10.2 Å². The van der Waals surface area contributed by atoms with Crippen molar-refractivity contribution in [2.45, 2.75) is 13.3 Å². The molecule has 0 unspecified atom stereocenters. The van der Waals surface area contributed by atoms with Crippen LogP contribution >= 0.6 is 0 Å². The minimum absolute atomic E-state index is 0.117. The lowest BCUT2D eigenvalue weighted by Crippen LogP contribution is -2.38. The van der Waals surface area contributed by atoms with Crippen LogP contribution in [0.1, 0.15) is 29.3 Å². The fraction of sp³-hybridized carbons (Fsp3) is 0.346. The van der Waals surface area contributed by atoms with Crippen molar-refractivity contribution in [3.8, 4) is 5.75 Å². The Labute approximate surface area is 214 Å². The van der Waals surface area contributed by atoms with Crippen LogP contribution in [0.25, 0.3) is 0 Å². The highest BCUT2D eigenvalue weighted by Gasteiger charge is 2.19. The van der Waals surface area contributed by atoms with Gasteiger partial charge in [0.05, 0.1) is 11.5 Å². The highest BCUT2D eigenvalue weighted by Crippen LogP contribution is 2.29. The lowest BCUT2D eigenvalue weighted by molar-refractivity contribution is -0.385. The van der Waals surface area contributed by atoms with E-state index in [0.29, 0.717) is 37.4 Å². The van der Waals surface area contributed by atoms with Crippen LogP contribution < -0.4 is 21.3 Å². The number of likely N-dealkylation sites (N-methyl/N-ethyl adjacent to an activating group) is 1. The monoisotopic (exact) mass is 509 g/mol. The minimum Gasteiger partial charge on any atom is -0.487 e. The average molecular weight is 510 g/mol. The number of ether oxygens (including phenoxy) is 1. The molecule has 0 aliphatic carbocycles. The Balaban J connectivity index is 1.52. The van der Waals surface area contributed by atoms with Crippen molar-refractivity contribution < 1.29 is 14.5 Å². The molecule has 196 valence electrons. The van der Waals surface area contributed by atoms with Gasteiger partial charge in [-0.3, -0.25) is 28.8 Å². The summed E-state index contributed by atoms with van der Waals surface area (Å²) in [7, 11) is 3.03. The van der Waals surface area contributed by atoms with Crippen LogP contribution in [-0.4, -0.2) is 57.5 Å². The molecule has 37 heavy (non-hydrogen) atoms. The molecule has 0 saturated heterocycles. The van der Waals surface area contributed by atoms with Crippen LogP contribution in [0, 0.1) is 10.1 Å². The summed E-state index contributed by atoms with van der Waals surface area (Å²) in [4.78, 5) is 49.7. The molecule has 1 aromatic heterocycles. The number of carbonyl (C=O) groups is 1. The number of benzene rings is 2. The van der Waals surface area contributed by atoms with Gasteiger partial charge in [-0.05, 0) is 25.1 Å². The second-order valence-electron chi connectivity index (χ2n) is 8.47. The second-order valence-corrected chi connectivity index (χ2v) is 8.47. The van der Waals surface area contributed by atoms with Gasteiger partial charge in [-0.15, -0.1) is 0 Å². The van der Waals surface area contributed by atoms with Crippen LogP contribution in [0.2, 0.25) is 0 Å². The molecular formula is C26H31N5O6. The number of aromatic nitrogens is 2. The summed E-state index contributed by atoms with van der Waals surface area (Å²) in [5.74, 6) is 0.276. The zero-order valence-electron chi connectivity index (χ0n) is 21.2. The quantitative estimate of drug-likeness (QED) is 0.161. The molecule has 3 rings (SSSR count). The maximum atomic E-state index is 12.6. The highest BCUT2D eigenvalue weighted by atomic mass is 16.6. The van der Waals surface area contributed by atoms with Gasteiger partial charge in [0.25, 0.3) is 5.56 Å². The number of nitro groups is 1. The van der Waals surface area contributed by atoms with Gasteiger partial charge in [0.15, 0.2) is 11.5 Å². The first-order chi connectivity index (χ1) is 17.7. The molecule has 2 aromatic carbocycles. The van der Waals surface area contributed by atoms with E-state index in [9.17, 15) is 24.5 Å². The molecule has 1 N–H and O–H groups in total. The summed E-state index contributed by atoms with van der Waals surface area (Å²) in [6.07, 6.45) is 0.625. The summed E-state index contributed by atoms with van der Waals surface area (Å²) < 4.78 is 8.12. The molecule has 3 aromatic rings. The molecule has 11 heteroatoms. The van der Waals surface area contributed by atoms with E-state index in [0.717, 1.165) is 11.1 Å². The van der Waals surface area contributed by atoms with E-state index in [1.807, 2.05) is 6.92 Å². The first kappa shape index (κ1) is 27.3. The lowest BCUT2D eigenvalue weighted by atomic mass is 10.0. The molecule has 0 spiro atoms. The van der Waals surface area contributed by atoms with E-state index in [4.69, 9.17) is 4.74 Å². The first-order valence-electron chi connectivity index (χ1n) is 12.0. The number of rotatable bonds is 13. The number of nitrogens with one attached hydrogen (secondary N) is 1. The Morgan fingerprint density at radius 2 is 1.76 bits per heavy atom. The van der Waals surface area contributed by atoms with Gasteiger partial charge >= 0.3 is 11.4 Å². The Hall–Kier alpha value is -4.25. The third-order valence-corrected chi connectivity index (χ3v) is 6.04. The molecule has 0 aliphatic rings. The molecule has 1 heterocycles. The molecule has 0 bridgehead atoms. The largest absolute Gasteiger partial charge is 0.487 e. The maximum absolute atomic E-state index is 12.6. The zero-order chi connectivity index (χ0) is 26.9. The van der Waals surface area contributed by atoms with Gasteiger partial charge in [-0.2, -0.15) is 0 Å². The molecule has 0 aliphatic heterocycles. The van der Waals surface area contributed by atoms with E-state index in [1.54, 1.807) is 37.4 Å². The number of hydrogen-bond donors (Lipinski definition) is 1.